The number of rotatable bonds is 5. The first-order valence-corrected chi connectivity index (χ1v) is 6.07. The molecule has 0 aliphatic rings. The molecule has 0 radical (unpaired) electrons. The first kappa shape index (κ1) is 13.4. The van der Waals surface area contributed by atoms with E-state index in [1.165, 1.54) is 6.07 Å². The minimum absolute atomic E-state index is 0.0439. The standard InChI is InChI=1S/C15H16FNO2/c16-13-5-3-6-14(17)12(13)10-19-15-7-2-1-4-11(15)8-9-18/h1-7,18H,8-10,17H2. The van der Waals surface area contributed by atoms with Crippen molar-refractivity contribution in [2.24, 2.45) is 0 Å². The summed E-state index contributed by atoms with van der Waals surface area (Å²) in [7, 11) is 0. The van der Waals surface area contributed by atoms with Gasteiger partial charge < -0.3 is 15.6 Å². The molecule has 0 aliphatic heterocycles. The lowest BCUT2D eigenvalue weighted by atomic mass is 10.1. The van der Waals surface area contributed by atoms with E-state index in [9.17, 15) is 4.39 Å². The van der Waals surface area contributed by atoms with Crippen molar-refractivity contribution in [2.75, 3.05) is 12.3 Å². The van der Waals surface area contributed by atoms with Gasteiger partial charge in [0, 0.05) is 17.9 Å². The third-order valence-corrected chi connectivity index (χ3v) is 2.88. The molecule has 0 fully saturated rings. The van der Waals surface area contributed by atoms with E-state index < -0.39 is 0 Å². The van der Waals surface area contributed by atoms with Crippen LogP contribution in [-0.2, 0) is 13.0 Å². The molecule has 100 valence electrons. The van der Waals surface area contributed by atoms with Crippen LogP contribution >= 0.6 is 0 Å². The van der Waals surface area contributed by atoms with Gasteiger partial charge in [-0.2, -0.15) is 0 Å². The van der Waals surface area contributed by atoms with Gasteiger partial charge in [0.05, 0.1) is 0 Å². The Morgan fingerprint density at radius 3 is 2.63 bits per heavy atom. The molecular formula is C15H16FNO2. The summed E-state index contributed by atoms with van der Waals surface area (Å²) in [5.74, 6) is 0.263. The Kier molecular flexibility index (Phi) is 4.36. The van der Waals surface area contributed by atoms with E-state index >= 15 is 0 Å². The fourth-order valence-corrected chi connectivity index (χ4v) is 1.85. The molecule has 0 aromatic heterocycles. The minimum atomic E-state index is -0.375. The molecule has 0 spiro atoms. The number of nitrogen functional groups attached to an aromatic ring is 1. The number of hydrogen-bond donors (Lipinski definition) is 2. The van der Waals surface area contributed by atoms with Crippen LogP contribution in [0.25, 0.3) is 0 Å². The van der Waals surface area contributed by atoms with E-state index in [-0.39, 0.29) is 19.0 Å². The molecule has 2 aromatic carbocycles. The smallest absolute Gasteiger partial charge is 0.131 e. The van der Waals surface area contributed by atoms with Crippen LogP contribution in [0.3, 0.4) is 0 Å². The van der Waals surface area contributed by atoms with E-state index in [0.29, 0.717) is 23.4 Å². The first-order chi connectivity index (χ1) is 9.22. The molecule has 0 amide bonds. The SMILES string of the molecule is Nc1cccc(F)c1COc1ccccc1CCO. The van der Waals surface area contributed by atoms with E-state index in [4.69, 9.17) is 15.6 Å². The van der Waals surface area contributed by atoms with Crippen LogP contribution in [0.1, 0.15) is 11.1 Å². The normalized spacial score (nSPS) is 10.4. The molecule has 4 heteroatoms. The Morgan fingerprint density at radius 1 is 1.11 bits per heavy atom. The van der Waals surface area contributed by atoms with Crippen molar-refractivity contribution in [2.45, 2.75) is 13.0 Å². The monoisotopic (exact) mass is 261 g/mol. The maximum atomic E-state index is 13.6. The second kappa shape index (κ2) is 6.20. The summed E-state index contributed by atoms with van der Waals surface area (Å²) < 4.78 is 19.2. The topological polar surface area (TPSA) is 55.5 Å². The van der Waals surface area contributed by atoms with Gasteiger partial charge in [-0.25, -0.2) is 4.39 Å². The van der Waals surface area contributed by atoms with Crippen LogP contribution in [0.2, 0.25) is 0 Å². The van der Waals surface area contributed by atoms with Gasteiger partial charge >= 0.3 is 0 Å². The second-order valence-electron chi connectivity index (χ2n) is 4.18. The summed E-state index contributed by atoms with van der Waals surface area (Å²) in [4.78, 5) is 0. The van der Waals surface area contributed by atoms with Gasteiger partial charge in [0.2, 0.25) is 0 Å². The summed E-state index contributed by atoms with van der Waals surface area (Å²) in [6.07, 6.45) is 0.503. The highest BCUT2D eigenvalue weighted by Gasteiger charge is 2.08. The Bertz CT molecular complexity index is 537. The molecule has 0 bridgehead atoms. The zero-order valence-corrected chi connectivity index (χ0v) is 10.5. The molecule has 0 saturated heterocycles. The molecule has 2 aromatic rings. The van der Waals surface area contributed by atoms with Crippen LogP contribution in [-0.4, -0.2) is 11.7 Å². The van der Waals surface area contributed by atoms with Crippen molar-refractivity contribution >= 4 is 5.69 Å². The Balaban J connectivity index is 2.15. The van der Waals surface area contributed by atoms with Crippen molar-refractivity contribution in [1.29, 1.82) is 0 Å². The van der Waals surface area contributed by atoms with E-state index in [1.807, 2.05) is 18.2 Å². The fraction of sp³-hybridized carbons (Fsp3) is 0.200. The number of nitrogens with two attached hydrogens (primary N) is 1. The maximum absolute atomic E-state index is 13.6. The summed E-state index contributed by atoms with van der Waals surface area (Å²) in [6, 6.07) is 11.9. The van der Waals surface area contributed by atoms with Gasteiger partial charge in [0.15, 0.2) is 0 Å². The van der Waals surface area contributed by atoms with Gasteiger partial charge in [-0.05, 0) is 30.2 Å². The quantitative estimate of drug-likeness (QED) is 0.813. The fourth-order valence-electron chi connectivity index (χ4n) is 1.85. The molecular weight excluding hydrogens is 245 g/mol. The van der Waals surface area contributed by atoms with Gasteiger partial charge in [-0.3, -0.25) is 0 Å². The molecule has 0 saturated carbocycles. The number of para-hydroxylation sites is 1. The predicted octanol–water partition coefficient (Wildman–Crippen LogP) is 2.52. The van der Waals surface area contributed by atoms with Gasteiger partial charge in [0.25, 0.3) is 0 Å². The lowest BCUT2D eigenvalue weighted by Crippen LogP contribution is -2.05. The van der Waals surface area contributed by atoms with Crippen LogP contribution in [0, 0.1) is 5.82 Å². The summed E-state index contributed by atoms with van der Waals surface area (Å²) in [6.45, 7) is 0.114. The average Bonchev–Trinajstić information content (AvgIpc) is 2.40. The third-order valence-electron chi connectivity index (χ3n) is 2.88. The largest absolute Gasteiger partial charge is 0.488 e. The lowest BCUT2D eigenvalue weighted by Gasteiger charge is -2.12. The molecule has 2 rings (SSSR count). The van der Waals surface area contributed by atoms with Gasteiger partial charge in [0.1, 0.15) is 18.2 Å². The highest BCUT2D eigenvalue weighted by atomic mass is 19.1. The second-order valence-corrected chi connectivity index (χ2v) is 4.18. The average molecular weight is 261 g/mol. The molecule has 3 N–H and O–H groups in total. The zero-order chi connectivity index (χ0) is 13.7. The number of halogens is 1. The number of anilines is 1. The van der Waals surface area contributed by atoms with E-state index in [0.717, 1.165) is 5.56 Å². The number of hydrogen-bond acceptors (Lipinski definition) is 3. The van der Waals surface area contributed by atoms with Crippen molar-refractivity contribution in [3.63, 3.8) is 0 Å². The number of ether oxygens (including phenoxy) is 1. The van der Waals surface area contributed by atoms with E-state index in [1.54, 1.807) is 18.2 Å². The number of aliphatic hydroxyl groups excluding tert-OH is 1. The number of aliphatic hydroxyl groups is 1. The molecule has 3 nitrogen and oxygen atoms in total. The zero-order valence-electron chi connectivity index (χ0n) is 10.5. The lowest BCUT2D eigenvalue weighted by molar-refractivity contribution is 0.281. The summed E-state index contributed by atoms with van der Waals surface area (Å²) in [5.41, 5.74) is 7.33. The van der Waals surface area contributed by atoms with Crippen molar-refractivity contribution in [3.8, 4) is 5.75 Å². The van der Waals surface area contributed by atoms with Crippen molar-refractivity contribution < 1.29 is 14.2 Å². The molecule has 0 unspecified atom stereocenters. The van der Waals surface area contributed by atoms with Crippen LogP contribution in [0.15, 0.2) is 42.5 Å². The number of benzene rings is 2. The van der Waals surface area contributed by atoms with Crippen molar-refractivity contribution in [1.82, 2.24) is 0 Å². The Morgan fingerprint density at radius 2 is 1.89 bits per heavy atom. The third kappa shape index (κ3) is 3.23. The van der Waals surface area contributed by atoms with Gasteiger partial charge in [-0.15, -0.1) is 0 Å². The molecule has 0 atom stereocenters. The predicted molar refractivity (Wildman–Crippen MR) is 72.4 cm³/mol. The Hall–Kier alpha value is -2.07. The summed E-state index contributed by atoms with van der Waals surface area (Å²) in [5, 5.41) is 8.98. The van der Waals surface area contributed by atoms with Crippen molar-refractivity contribution in [3.05, 3.63) is 59.4 Å². The summed E-state index contributed by atoms with van der Waals surface area (Å²) >= 11 is 0. The minimum Gasteiger partial charge on any atom is -0.488 e. The van der Waals surface area contributed by atoms with Crippen LogP contribution in [0.5, 0.6) is 5.75 Å². The van der Waals surface area contributed by atoms with Gasteiger partial charge in [-0.1, -0.05) is 24.3 Å². The highest BCUT2D eigenvalue weighted by molar-refractivity contribution is 5.47. The Labute approximate surface area is 111 Å². The highest BCUT2D eigenvalue weighted by Crippen LogP contribution is 2.22. The van der Waals surface area contributed by atoms with E-state index in [2.05, 4.69) is 0 Å². The molecule has 0 heterocycles. The molecule has 0 aliphatic carbocycles. The van der Waals surface area contributed by atoms with Crippen LogP contribution < -0.4 is 10.5 Å². The van der Waals surface area contributed by atoms with Crippen LogP contribution in [0.4, 0.5) is 10.1 Å². The maximum Gasteiger partial charge on any atom is 0.131 e. The first-order valence-electron chi connectivity index (χ1n) is 6.07. The molecule has 19 heavy (non-hydrogen) atoms.